The summed E-state index contributed by atoms with van der Waals surface area (Å²) in [5, 5.41) is 0. The van der Waals surface area contributed by atoms with Crippen molar-refractivity contribution in [3.05, 3.63) is 72.8 Å². The summed E-state index contributed by atoms with van der Waals surface area (Å²) >= 11 is 3.22. The maximum absolute atomic E-state index is 12.6. The van der Waals surface area contributed by atoms with E-state index in [1.54, 1.807) is 13.8 Å². The molecule has 2 heterocycles. The van der Waals surface area contributed by atoms with Crippen molar-refractivity contribution in [3.63, 3.8) is 0 Å². The van der Waals surface area contributed by atoms with E-state index in [2.05, 4.69) is 30.6 Å². The highest BCUT2D eigenvalue weighted by Crippen LogP contribution is 2.26. The molecule has 0 atom stereocenters. The van der Waals surface area contributed by atoms with E-state index in [-0.39, 0.29) is 22.3 Å². The van der Waals surface area contributed by atoms with Gasteiger partial charge in [-0.2, -0.15) is 0 Å². The predicted octanol–water partition coefficient (Wildman–Crippen LogP) is 4.68. The molecule has 0 aliphatic rings. The molecule has 0 radical (unpaired) electrons. The molecular formula is C19H14BrF3N2O3. The number of hydrogen-bond donors (Lipinski definition) is 2. The van der Waals surface area contributed by atoms with Gasteiger partial charge in [-0.15, -0.1) is 13.2 Å². The van der Waals surface area contributed by atoms with Crippen molar-refractivity contribution in [1.29, 1.82) is 0 Å². The Morgan fingerprint density at radius 1 is 1.04 bits per heavy atom. The van der Waals surface area contributed by atoms with Crippen LogP contribution in [0.15, 0.2) is 50.6 Å². The van der Waals surface area contributed by atoms with Crippen LogP contribution in [0.25, 0.3) is 22.4 Å². The highest BCUT2D eigenvalue weighted by Gasteiger charge is 2.31. The Bertz CT molecular complexity index is 1150. The lowest BCUT2D eigenvalue weighted by molar-refractivity contribution is -0.274. The topological polar surface area (TPSA) is 75.0 Å². The van der Waals surface area contributed by atoms with Gasteiger partial charge in [0.1, 0.15) is 5.75 Å². The van der Waals surface area contributed by atoms with Gasteiger partial charge in [0.05, 0.1) is 15.6 Å². The maximum atomic E-state index is 12.6. The van der Waals surface area contributed by atoms with Crippen molar-refractivity contribution in [2.24, 2.45) is 0 Å². The Hall–Kier alpha value is -2.81. The number of pyridine rings is 2. The smallest absolute Gasteiger partial charge is 0.406 e. The van der Waals surface area contributed by atoms with Crippen LogP contribution >= 0.6 is 15.9 Å². The van der Waals surface area contributed by atoms with E-state index in [9.17, 15) is 22.8 Å². The van der Waals surface area contributed by atoms with Crippen LogP contribution in [-0.2, 0) is 0 Å². The zero-order valence-electron chi connectivity index (χ0n) is 14.7. The van der Waals surface area contributed by atoms with Gasteiger partial charge in [0.15, 0.2) is 5.43 Å². The second-order valence-corrected chi connectivity index (χ2v) is 6.88. The first-order valence-electron chi connectivity index (χ1n) is 8.05. The number of nitrogens with one attached hydrogen (secondary N) is 2. The summed E-state index contributed by atoms with van der Waals surface area (Å²) in [4.78, 5) is 31.1. The third-order valence-corrected chi connectivity index (χ3v) is 5.04. The van der Waals surface area contributed by atoms with Crippen LogP contribution in [0, 0.1) is 13.8 Å². The van der Waals surface area contributed by atoms with Crippen LogP contribution < -0.4 is 15.6 Å². The van der Waals surface area contributed by atoms with Gasteiger partial charge < -0.3 is 14.7 Å². The first-order chi connectivity index (χ1) is 13.1. The lowest BCUT2D eigenvalue weighted by atomic mass is 10.0. The minimum Gasteiger partial charge on any atom is -0.406 e. The van der Waals surface area contributed by atoms with E-state index in [0.717, 1.165) is 12.1 Å². The van der Waals surface area contributed by atoms with Crippen molar-refractivity contribution in [2.75, 3.05) is 0 Å². The molecule has 146 valence electrons. The number of aromatic nitrogens is 2. The summed E-state index contributed by atoms with van der Waals surface area (Å²) in [5.74, 6) is -0.359. The Kier molecular flexibility index (Phi) is 5.20. The van der Waals surface area contributed by atoms with E-state index in [0.29, 0.717) is 27.1 Å². The normalized spacial score (nSPS) is 11.5. The summed E-state index contributed by atoms with van der Waals surface area (Å²) in [5.41, 5.74) is 1.84. The standard InChI is InChI=1S/C19H14BrF3N2O3/c1-9-16(18(27)17(20)10(2)25-9)13-8-24-14(7-15(13)26)11-3-5-12(6-4-11)28-19(21,22)23/h3-8H,1-2H3,(H,24,26)(H,25,27). The van der Waals surface area contributed by atoms with E-state index in [1.165, 1.54) is 24.4 Å². The molecule has 9 heteroatoms. The average Bonchev–Trinajstić information content (AvgIpc) is 2.60. The van der Waals surface area contributed by atoms with Gasteiger partial charge in [-0.3, -0.25) is 9.59 Å². The zero-order chi connectivity index (χ0) is 20.6. The molecular weight excluding hydrogens is 441 g/mol. The molecule has 0 saturated carbocycles. The molecule has 1 aromatic carbocycles. The molecule has 5 nitrogen and oxygen atoms in total. The van der Waals surface area contributed by atoms with Crippen molar-refractivity contribution in [1.82, 2.24) is 9.97 Å². The largest absolute Gasteiger partial charge is 0.573 e. The van der Waals surface area contributed by atoms with Gasteiger partial charge in [0.25, 0.3) is 0 Å². The third kappa shape index (κ3) is 4.04. The fraction of sp³-hybridized carbons (Fsp3) is 0.158. The van der Waals surface area contributed by atoms with Crippen LogP contribution in [0.4, 0.5) is 13.2 Å². The Morgan fingerprint density at radius 3 is 2.25 bits per heavy atom. The van der Waals surface area contributed by atoms with Crippen LogP contribution in [0.1, 0.15) is 11.4 Å². The fourth-order valence-electron chi connectivity index (χ4n) is 2.84. The van der Waals surface area contributed by atoms with Crippen LogP contribution in [0.5, 0.6) is 5.75 Å². The van der Waals surface area contributed by atoms with Crippen molar-refractivity contribution in [3.8, 4) is 28.1 Å². The molecule has 0 aliphatic heterocycles. The summed E-state index contributed by atoms with van der Waals surface area (Å²) in [6.07, 6.45) is -3.36. The molecule has 28 heavy (non-hydrogen) atoms. The molecule has 0 fully saturated rings. The second kappa shape index (κ2) is 7.31. The van der Waals surface area contributed by atoms with E-state index < -0.39 is 11.8 Å². The molecule has 0 unspecified atom stereocenters. The maximum Gasteiger partial charge on any atom is 0.573 e. The summed E-state index contributed by atoms with van der Waals surface area (Å²) in [6, 6.07) is 6.39. The highest BCUT2D eigenvalue weighted by molar-refractivity contribution is 9.10. The Labute approximate surface area is 165 Å². The number of H-pyrrole nitrogens is 2. The summed E-state index contributed by atoms with van der Waals surface area (Å²) in [7, 11) is 0. The van der Waals surface area contributed by atoms with Crippen molar-refractivity contribution >= 4 is 15.9 Å². The number of ether oxygens (including phenoxy) is 1. The molecule has 0 spiro atoms. The fourth-order valence-corrected chi connectivity index (χ4v) is 3.14. The number of aromatic amines is 2. The van der Waals surface area contributed by atoms with Gasteiger partial charge in [0, 0.05) is 29.3 Å². The van der Waals surface area contributed by atoms with Gasteiger partial charge >= 0.3 is 6.36 Å². The molecule has 2 aromatic heterocycles. The molecule has 3 aromatic rings. The lowest BCUT2D eigenvalue weighted by Crippen LogP contribution is -2.17. The molecule has 2 N–H and O–H groups in total. The molecule has 0 bridgehead atoms. The predicted molar refractivity (Wildman–Crippen MR) is 102 cm³/mol. The van der Waals surface area contributed by atoms with E-state index in [4.69, 9.17) is 0 Å². The van der Waals surface area contributed by atoms with E-state index in [1.807, 2.05) is 0 Å². The molecule has 0 amide bonds. The first-order valence-corrected chi connectivity index (χ1v) is 8.84. The van der Waals surface area contributed by atoms with Crippen molar-refractivity contribution in [2.45, 2.75) is 20.2 Å². The minimum absolute atomic E-state index is 0.195. The quantitative estimate of drug-likeness (QED) is 0.603. The molecule has 3 rings (SSSR count). The van der Waals surface area contributed by atoms with Gasteiger partial charge in [-0.25, -0.2) is 0 Å². The Morgan fingerprint density at radius 2 is 1.68 bits per heavy atom. The van der Waals surface area contributed by atoms with Crippen LogP contribution in [-0.4, -0.2) is 16.3 Å². The summed E-state index contributed by atoms with van der Waals surface area (Å²) < 4.78 is 40.9. The average molecular weight is 455 g/mol. The van der Waals surface area contributed by atoms with Gasteiger partial charge in [0.2, 0.25) is 5.43 Å². The van der Waals surface area contributed by atoms with Crippen LogP contribution in [0.3, 0.4) is 0 Å². The van der Waals surface area contributed by atoms with Gasteiger partial charge in [-0.1, -0.05) is 0 Å². The highest BCUT2D eigenvalue weighted by atomic mass is 79.9. The van der Waals surface area contributed by atoms with Crippen LogP contribution in [0.2, 0.25) is 0 Å². The minimum atomic E-state index is -4.77. The lowest BCUT2D eigenvalue weighted by Gasteiger charge is -2.10. The number of halogens is 4. The number of hydrogen-bond acceptors (Lipinski definition) is 3. The third-order valence-electron chi connectivity index (χ3n) is 4.09. The second-order valence-electron chi connectivity index (χ2n) is 6.09. The SMILES string of the molecule is Cc1[nH]c(C)c(-c2c[nH]c(-c3ccc(OC(F)(F)F)cc3)cc2=O)c(=O)c1Br. The molecule has 0 saturated heterocycles. The number of benzene rings is 1. The van der Waals surface area contributed by atoms with Crippen molar-refractivity contribution < 1.29 is 17.9 Å². The number of alkyl halides is 3. The summed E-state index contributed by atoms with van der Waals surface area (Å²) in [6.45, 7) is 3.44. The number of aryl methyl sites for hydroxylation is 2. The van der Waals surface area contributed by atoms with E-state index >= 15 is 0 Å². The Balaban J connectivity index is 2.00. The molecule has 0 aliphatic carbocycles. The zero-order valence-corrected chi connectivity index (χ0v) is 16.3. The van der Waals surface area contributed by atoms with Gasteiger partial charge in [-0.05, 0) is 59.6 Å². The number of rotatable bonds is 3. The monoisotopic (exact) mass is 454 g/mol. The first kappa shape index (κ1) is 19.9.